The van der Waals surface area contributed by atoms with Crippen molar-refractivity contribution in [2.24, 2.45) is 20.0 Å². The van der Waals surface area contributed by atoms with E-state index in [1.807, 2.05) is 0 Å². The molecule has 2 saturated heterocycles. The predicted octanol–water partition coefficient (Wildman–Crippen LogP) is 2.08. The van der Waals surface area contributed by atoms with Gasteiger partial charge in [-0.05, 0) is 52.4 Å². The van der Waals surface area contributed by atoms with Crippen LogP contribution in [0.1, 0.15) is 52.4 Å². The van der Waals surface area contributed by atoms with Crippen LogP contribution in [0, 0.1) is 0 Å². The van der Waals surface area contributed by atoms with Gasteiger partial charge >= 0.3 is 0 Å². The molecule has 3 rings (SSSR count). The number of hydrogen-bond donors (Lipinski definition) is 2. The quantitative estimate of drug-likeness (QED) is 0.696. The summed E-state index contributed by atoms with van der Waals surface area (Å²) in [6, 6.07) is 1.48. The molecule has 3 aliphatic heterocycles. The maximum Gasteiger partial charge on any atom is 0.0585 e. The lowest BCUT2D eigenvalue weighted by molar-refractivity contribution is 0.430. The van der Waals surface area contributed by atoms with Crippen LogP contribution in [0.25, 0.3) is 0 Å². The first-order valence-electron chi connectivity index (χ1n) is 10.3. The highest BCUT2D eigenvalue weighted by Crippen LogP contribution is 2.14. The maximum atomic E-state index is 4.78. The van der Waals surface area contributed by atoms with Gasteiger partial charge in [0, 0.05) is 48.0 Å². The molecule has 3 aliphatic rings. The Kier molecular flexibility index (Phi) is 7.50. The summed E-state index contributed by atoms with van der Waals surface area (Å²) in [6.07, 6.45) is 11.3. The number of fused-ring (bicyclic) bond motifs is 4. The van der Waals surface area contributed by atoms with Crippen molar-refractivity contribution in [1.82, 2.24) is 10.6 Å². The molecule has 4 bridgehead atoms. The molecule has 6 heteroatoms. The predicted molar refractivity (Wildman–Crippen MR) is 112 cm³/mol. The van der Waals surface area contributed by atoms with E-state index in [2.05, 4.69) is 46.9 Å². The fraction of sp³-hybridized carbons (Fsp3) is 0.800. The maximum absolute atomic E-state index is 4.78. The minimum absolute atomic E-state index is 0.364. The normalized spacial score (nSPS) is 34.4. The van der Waals surface area contributed by atoms with Gasteiger partial charge in [-0.1, -0.05) is 0 Å². The minimum atomic E-state index is 0.364. The zero-order valence-electron chi connectivity index (χ0n) is 16.3. The number of piperidine rings is 2. The molecule has 2 N–H and O–H groups in total. The van der Waals surface area contributed by atoms with Gasteiger partial charge in [-0.25, -0.2) is 0 Å². The van der Waals surface area contributed by atoms with Crippen molar-refractivity contribution in [3.05, 3.63) is 0 Å². The van der Waals surface area contributed by atoms with Crippen LogP contribution in [-0.4, -0.2) is 74.2 Å². The van der Waals surface area contributed by atoms with Crippen LogP contribution in [-0.2, 0) is 0 Å². The Labute approximate surface area is 157 Å². The molecule has 0 amide bonds. The summed E-state index contributed by atoms with van der Waals surface area (Å²) in [5.41, 5.74) is 2.41. The standard InChI is InChI=1S/C20H34N6/c1-15-19-7-3-5-17(25-19)13-21-9-10-22-14-18-6-4-8-20(26-18)16(2)24-12-11-23-15/h13-14,17-20,25-26H,3-12H2,1-2H3. The lowest BCUT2D eigenvalue weighted by Gasteiger charge is -2.29. The molecule has 6 nitrogen and oxygen atoms in total. The average Bonchev–Trinajstić information content (AvgIpc) is 2.67. The van der Waals surface area contributed by atoms with Gasteiger partial charge in [-0.15, -0.1) is 0 Å². The van der Waals surface area contributed by atoms with E-state index in [0.717, 1.165) is 39.0 Å². The number of rotatable bonds is 0. The molecule has 4 atom stereocenters. The molecule has 0 aliphatic carbocycles. The van der Waals surface area contributed by atoms with Gasteiger partial charge in [0.25, 0.3) is 0 Å². The van der Waals surface area contributed by atoms with E-state index in [-0.39, 0.29) is 0 Å². The lowest BCUT2D eigenvalue weighted by atomic mass is 9.96. The summed E-state index contributed by atoms with van der Waals surface area (Å²) in [4.78, 5) is 18.7. The monoisotopic (exact) mass is 358 g/mol. The van der Waals surface area contributed by atoms with Crippen molar-refractivity contribution >= 4 is 23.9 Å². The Morgan fingerprint density at radius 1 is 0.692 bits per heavy atom. The van der Waals surface area contributed by atoms with E-state index in [1.54, 1.807) is 0 Å². The smallest absolute Gasteiger partial charge is 0.0585 e. The molecule has 0 spiro atoms. The Balaban J connectivity index is 1.68. The summed E-state index contributed by atoms with van der Waals surface area (Å²) in [6.45, 7) is 7.38. The second-order valence-corrected chi connectivity index (χ2v) is 7.67. The molecule has 26 heavy (non-hydrogen) atoms. The molecule has 2 fully saturated rings. The first kappa shape index (κ1) is 19.4. The molecule has 0 aromatic rings. The highest BCUT2D eigenvalue weighted by atomic mass is 15.0. The molecule has 0 aromatic heterocycles. The lowest BCUT2D eigenvalue weighted by Crippen LogP contribution is -2.47. The highest BCUT2D eigenvalue weighted by molar-refractivity contribution is 5.89. The van der Waals surface area contributed by atoms with Crippen LogP contribution in [0.2, 0.25) is 0 Å². The van der Waals surface area contributed by atoms with Crippen molar-refractivity contribution in [2.75, 3.05) is 26.2 Å². The van der Waals surface area contributed by atoms with Crippen molar-refractivity contribution in [3.63, 3.8) is 0 Å². The number of nitrogens with one attached hydrogen (secondary N) is 2. The Hall–Kier alpha value is -1.40. The Bertz CT molecular complexity index is 515. The topological polar surface area (TPSA) is 73.5 Å². The summed E-state index contributed by atoms with van der Waals surface area (Å²) in [7, 11) is 0. The number of nitrogens with zero attached hydrogens (tertiary/aromatic N) is 4. The van der Waals surface area contributed by atoms with Crippen LogP contribution in [0.15, 0.2) is 20.0 Å². The molecular weight excluding hydrogens is 324 g/mol. The summed E-state index contributed by atoms with van der Waals surface area (Å²) < 4.78 is 0. The van der Waals surface area contributed by atoms with Gasteiger partial charge in [-0.2, -0.15) is 0 Å². The van der Waals surface area contributed by atoms with Crippen molar-refractivity contribution in [3.8, 4) is 0 Å². The van der Waals surface area contributed by atoms with Gasteiger partial charge in [0.15, 0.2) is 0 Å². The zero-order valence-corrected chi connectivity index (χ0v) is 16.3. The molecular formula is C20H34N6. The third-order valence-electron chi connectivity index (χ3n) is 5.61. The first-order valence-corrected chi connectivity index (χ1v) is 10.3. The van der Waals surface area contributed by atoms with E-state index in [4.69, 9.17) is 9.98 Å². The summed E-state index contributed by atoms with van der Waals surface area (Å²) >= 11 is 0. The van der Waals surface area contributed by atoms with Gasteiger partial charge < -0.3 is 10.6 Å². The minimum Gasteiger partial charge on any atom is -0.301 e. The zero-order chi connectivity index (χ0) is 18.2. The van der Waals surface area contributed by atoms with Crippen molar-refractivity contribution < 1.29 is 0 Å². The van der Waals surface area contributed by atoms with Gasteiger partial charge in [0.2, 0.25) is 0 Å². The fourth-order valence-corrected chi connectivity index (χ4v) is 4.02. The Morgan fingerprint density at radius 3 is 1.62 bits per heavy atom. The van der Waals surface area contributed by atoms with E-state index >= 15 is 0 Å². The van der Waals surface area contributed by atoms with Crippen molar-refractivity contribution in [2.45, 2.75) is 76.5 Å². The largest absolute Gasteiger partial charge is 0.301 e. The molecule has 144 valence electrons. The van der Waals surface area contributed by atoms with Crippen molar-refractivity contribution in [1.29, 1.82) is 0 Å². The number of hydrogen-bond acceptors (Lipinski definition) is 6. The van der Waals surface area contributed by atoms with Crippen LogP contribution < -0.4 is 10.6 Å². The Morgan fingerprint density at radius 2 is 1.15 bits per heavy atom. The fourth-order valence-electron chi connectivity index (χ4n) is 4.02. The van der Waals surface area contributed by atoms with Crippen LogP contribution in [0.5, 0.6) is 0 Å². The van der Waals surface area contributed by atoms with Crippen LogP contribution in [0.3, 0.4) is 0 Å². The average molecular weight is 359 g/mol. The third-order valence-corrected chi connectivity index (χ3v) is 5.61. The second kappa shape index (κ2) is 10.1. The molecule has 0 aromatic carbocycles. The highest BCUT2D eigenvalue weighted by Gasteiger charge is 2.22. The van der Waals surface area contributed by atoms with E-state index in [9.17, 15) is 0 Å². The molecule has 3 heterocycles. The summed E-state index contributed by atoms with van der Waals surface area (Å²) in [5, 5.41) is 7.37. The number of aliphatic imine (C=N–C) groups is 4. The van der Waals surface area contributed by atoms with E-state index in [0.29, 0.717) is 24.2 Å². The molecule has 0 saturated carbocycles. The molecule has 0 radical (unpaired) electrons. The van der Waals surface area contributed by atoms with Crippen LogP contribution in [0.4, 0.5) is 0 Å². The molecule has 4 unspecified atom stereocenters. The van der Waals surface area contributed by atoms with E-state index in [1.165, 1.54) is 37.1 Å². The second-order valence-electron chi connectivity index (χ2n) is 7.67. The van der Waals surface area contributed by atoms with Crippen LogP contribution >= 0.6 is 0 Å². The SMILES string of the molecule is CC1=NCCN=C(C)C2CCCC(C=NCCN=CC3CCCC1N3)N2. The van der Waals surface area contributed by atoms with Gasteiger partial charge in [-0.3, -0.25) is 20.0 Å². The van der Waals surface area contributed by atoms with E-state index < -0.39 is 0 Å². The summed E-state index contributed by atoms with van der Waals surface area (Å²) in [5.74, 6) is 0. The van der Waals surface area contributed by atoms with Gasteiger partial charge in [0.05, 0.1) is 26.2 Å². The van der Waals surface area contributed by atoms with Gasteiger partial charge in [0.1, 0.15) is 0 Å². The first-order chi connectivity index (χ1) is 12.7. The third kappa shape index (κ3) is 5.81.